The molecule has 4 heterocycles. The van der Waals surface area contributed by atoms with Crippen LogP contribution in [0.15, 0.2) is 64.9 Å². The number of carbonyl (C=O) groups is 1. The molecule has 29 heavy (non-hydrogen) atoms. The molecule has 3 aromatic heterocycles. The van der Waals surface area contributed by atoms with Gasteiger partial charge >= 0.3 is 0 Å². The van der Waals surface area contributed by atoms with E-state index in [9.17, 15) is 9.59 Å². The summed E-state index contributed by atoms with van der Waals surface area (Å²) in [6.07, 6.45) is 3.81. The van der Waals surface area contributed by atoms with E-state index in [1.54, 1.807) is 16.7 Å². The Hall–Kier alpha value is -2.96. The van der Waals surface area contributed by atoms with Crippen molar-refractivity contribution >= 4 is 32.8 Å². The van der Waals surface area contributed by atoms with Gasteiger partial charge in [-0.2, -0.15) is 0 Å². The summed E-state index contributed by atoms with van der Waals surface area (Å²) in [5.74, 6) is -0.184. The number of carbonyl (C=O) groups excluding carboxylic acids is 1. The van der Waals surface area contributed by atoms with Crippen molar-refractivity contribution in [3.63, 3.8) is 0 Å². The Bertz CT molecular complexity index is 1250. The molecule has 0 aliphatic carbocycles. The van der Waals surface area contributed by atoms with Gasteiger partial charge in [0, 0.05) is 24.9 Å². The first kappa shape index (κ1) is 18.1. The first-order valence-corrected chi connectivity index (χ1v) is 10.6. The number of hydrogen-bond acceptors (Lipinski definition) is 4. The summed E-state index contributed by atoms with van der Waals surface area (Å²) >= 11 is 1.54. The van der Waals surface area contributed by atoms with Gasteiger partial charge in [-0.05, 0) is 47.4 Å². The Morgan fingerprint density at radius 3 is 2.86 bits per heavy atom. The van der Waals surface area contributed by atoms with Gasteiger partial charge in [0.1, 0.15) is 0 Å². The fourth-order valence-corrected chi connectivity index (χ4v) is 4.85. The van der Waals surface area contributed by atoms with E-state index < -0.39 is 0 Å². The SMILES string of the molecule is O=C(NCC1CCCO1)c1cc(-c2ccccc2)c(=O)n2ccc3ccsc3c12. The molecule has 5 nitrogen and oxygen atoms in total. The molecule has 1 saturated heterocycles. The van der Waals surface area contributed by atoms with E-state index >= 15 is 0 Å². The number of benzene rings is 1. The summed E-state index contributed by atoms with van der Waals surface area (Å²) in [6, 6.07) is 15.1. The quantitative estimate of drug-likeness (QED) is 0.557. The highest BCUT2D eigenvalue weighted by atomic mass is 32.1. The van der Waals surface area contributed by atoms with E-state index in [2.05, 4.69) is 5.32 Å². The third-order valence-corrected chi connectivity index (χ3v) is 6.33. The number of rotatable bonds is 4. The monoisotopic (exact) mass is 404 g/mol. The summed E-state index contributed by atoms with van der Waals surface area (Å²) in [5.41, 5.74) is 2.35. The molecule has 1 N–H and O–H groups in total. The van der Waals surface area contributed by atoms with Gasteiger partial charge in [0.25, 0.3) is 11.5 Å². The minimum Gasteiger partial charge on any atom is -0.376 e. The van der Waals surface area contributed by atoms with Crippen LogP contribution in [0, 0.1) is 0 Å². The van der Waals surface area contributed by atoms with Crippen LogP contribution in [0.1, 0.15) is 23.2 Å². The highest BCUT2D eigenvalue weighted by Gasteiger charge is 2.21. The van der Waals surface area contributed by atoms with E-state index in [1.807, 2.05) is 47.8 Å². The second-order valence-electron chi connectivity index (χ2n) is 7.23. The van der Waals surface area contributed by atoms with Crippen LogP contribution in [0.2, 0.25) is 0 Å². The van der Waals surface area contributed by atoms with E-state index in [0.717, 1.165) is 35.1 Å². The molecule has 1 amide bonds. The molecule has 1 unspecified atom stereocenters. The fourth-order valence-electron chi connectivity index (χ4n) is 3.91. The number of fused-ring (bicyclic) bond motifs is 3. The van der Waals surface area contributed by atoms with Gasteiger partial charge in [0.2, 0.25) is 0 Å². The summed E-state index contributed by atoms with van der Waals surface area (Å²) < 4.78 is 8.16. The van der Waals surface area contributed by atoms with Gasteiger partial charge < -0.3 is 10.1 Å². The van der Waals surface area contributed by atoms with Crippen molar-refractivity contribution in [2.75, 3.05) is 13.2 Å². The van der Waals surface area contributed by atoms with E-state index in [4.69, 9.17) is 4.74 Å². The van der Waals surface area contributed by atoms with Crippen molar-refractivity contribution < 1.29 is 9.53 Å². The minimum absolute atomic E-state index is 0.0620. The Labute approximate surface area is 171 Å². The van der Waals surface area contributed by atoms with Crippen LogP contribution in [0.4, 0.5) is 0 Å². The van der Waals surface area contributed by atoms with Crippen LogP contribution in [-0.2, 0) is 4.74 Å². The molecule has 1 fully saturated rings. The first-order valence-electron chi connectivity index (χ1n) is 9.73. The lowest BCUT2D eigenvalue weighted by molar-refractivity contribution is 0.0859. The smallest absolute Gasteiger partial charge is 0.263 e. The molecule has 0 spiro atoms. The fraction of sp³-hybridized carbons (Fsp3) is 0.217. The van der Waals surface area contributed by atoms with Crippen molar-refractivity contribution in [2.24, 2.45) is 0 Å². The van der Waals surface area contributed by atoms with Gasteiger partial charge in [0.05, 0.1) is 21.9 Å². The predicted octanol–water partition coefficient (Wildman–Crippen LogP) is 4.09. The topological polar surface area (TPSA) is 59.8 Å². The van der Waals surface area contributed by atoms with Gasteiger partial charge in [-0.15, -0.1) is 11.3 Å². The second kappa shape index (κ2) is 7.46. The number of amides is 1. The summed E-state index contributed by atoms with van der Waals surface area (Å²) in [7, 11) is 0. The van der Waals surface area contributed by atoms with Crippen LogP contribution >= 0.6 is 11.3 Å². The molecule has 146 valence electrons. The lowest BCUT2D eigenvalue weighted by Crippen LogP contribution is -2.33. The van der Waals surface area contributed by atoms with Crippen molar-refractivity contribution in [1.29, 1.82) is 0 Å². The van der Waals surface area contributed by atoms with Crippen LogP contribution in [-0.4, -0.2) is 29.6 Å². The zero-order valence-corrected chi connectivity index (χ0v) is 16.6. The molecule has 4 aromatic rings. The van der Waals surface area contributed by atoms with Crippen molar-refractivity contribution in [2.45, 2.75) is 18.9 Å². The number of aromatic nitrogens is 1. The van der Waals surface area contributed by atoms with Crippen LogP contribution in [0.5, 0.6) is 0 Å². The number of pyridine rings is 2. The van der Waals surface area contributed by atoms with Crippen LogP contribution in [0.3, 0.4) is 0 Å². The Kier molecular flexibility index (Phi) is 4.66. The number of hydrogen-bond donors (Lipinski definition) is 1. The minimum atomic E-state index is -0.184. The molecule has 1 aromatic carbocycles. The maximum absolute atomic E-state index is 13.3. The van der Waals surface area contributed by atoms with Gasteiger partial charge in [0.15, 0.2) is 0 Å². The molecule has 1 aliphatic heterocycles. The predicted molar refractivity (Wildman–Crippen MR) is 116 cm³/mol. The Morgan fingerprint density at radius 1 is 1.21 bits per heavy atom. The van der Waals surface area contributed by atoms with Gasteiger partial charge in [-0.3, -0.25) is 14.0 Å². The molecule has 6 heteroatoms. The largest absolute Gasteiger partial charge is 0.376 e. The summed E-state index contributed by atoms with van der Waals surface area (Å²) in [4.78, 5) is 26.5. The molecule has 0 saturated carbocycles. The average molecular weight is 404 g/mol. The molecular weight excluding hydrogens is 384 g/mol. The lowest BCUT2D eigenvalue weighted by atomic mass is 10.0. The standard InChI is InChI=1S/C23H20N2O3S/c26-22(24-14-17-7-4-11-28-17)19-13-18(15-5-2-1-3-6-15)23(27)25-10-8-16-9-12-29-21(16)20(19)25/h1-3,5-6,8-10,12-13,17H,4,7,11,14H2,(H,24,26). The average Bonchev–Trinajstić information content (AvgIpc) is 3.44. The van der Waals surface area contributed by atoms with Crippen molar-refractivity contribution in [3.8, 4) is 11.1 Å². The molecule has 1 aliphatic rings. The number of nitrogens with one attached hydrogen (secondary N) is 1. The van der Waals surface area contributed by atoms with E-state index in [0.29, 0.717) is 23.2 Å². The summed E-state index contributed by atoms with van der Waals surface area (Å²) in [6.45, 7) is 1.23. The summed E-state index contributed by atoms with van der Waals surface area (Å²) in [5, 5.41) is 6.02. The number of nitrogens with zero attached hydrogens (tertiary/aromatic N) is 1. The van der Waals surface area contributed by atoms with Crippen LogP contribution < -0.4 is 10.9 Å². The molecular formula is C23H20N2O3S. The highest BCUT2D eigenvalue weighted by molar-refractivity contribution is 7.18. The van der Waals surface area contributed by atoms with E-state index in [1.165, 1.54) is 11.3 Å². The van der Waals surface area contributed by atoms with Crippen molar-refractivity contribution in [3.05, 3.63) is 76.0 Å². The number of thiophene rings is 1. The Balaban J connectivity index is 1.68. The maximum atomic E-state index is 13.3. The number of ether oxygens (including phenoxy) is 1. The normalized spacial score (nSPS) is 16.5. The van der Waals surface area contributed by atoms with Gasteiger partial charge in [-0.25, -0.2) is 0 Å². The zero-order chi connectivity index (χ0) is 19.8. The van der Waals surface area contributed by atoms with Crippen molar-refractivity contribution in [1.82, 2.24) is 9.72 Å². The first-order chi connectivity index (χ1) is 14.2. The Morgan fingerprint density at radius 2 is 2.07 bits per heavy atom. The van der Waals surface area contributed by atoms with Crippen LogP contribution in [0.25, 0.3) is 26.7 Å². The highest BCUT2D eigenvalue weighted by Crippen LogP contribution is 2.29. The molecule has 1 atom stereocenters. The third-order valence-electron chi connectivity index (χ3n) is 5.39. The molecule has 0 bridgehead atoms. The lowest BCUT2D eigenvalue weighted by Gasteiger charge is -2.14. The zero-order valence-electron chi connectivity index (χ0n) is 15.8. The van der Waals surface area contributed by atoms with Gasteiger partial charge in [-0.1, -0.05) is 30.3 Å². The molecule has 5 rings (SSSR count). The third kappa shape index (κ3) is 3.24. The van der Waals surface area contributed by atoms with E-state index in [-0.39, 0.29) is 17.6 Å². The maximum Gasteiger partial charge on any atom is 0.263 e. The molecule has 0 radical (unpaired) electrons. The second-order valence-corrected chi connectivity index (χ2v) is 8.14.